The highest BCUT2D eigenvalue weighted by Gasteiger charge is 2.49. The van der Waals surface area contributed by atoms with E-state index in [1.54, 1.807) is 84.6 Å². The largest absolute Gasteiger partial charge is 0.493 e. The number of aryl methyl sites for hydroxylation is 2. The summed E-state index contributed by atoms with van der Waals surface area (Å²) in [6, 6.07) is 24.1. The number of imidazole rings is 2. The minimum atomic E-state index is -1.08. The van der Waals surface area contributed by atoms with E-state index in [0.717, 1.165) is 56.1 Å². The molecule has 0 spiro atoms. The van der Waals surface area contributed by atoms with Crippen LogP contribution in [0.4, 0.5) is 48.6 Å². The van der Waals surface area contributed by atoms with E-state index in [0.29, 0.717) is 84.1 Å². The SMILES string of the molecule is C=CCOC(=O)N1c2cc(OCCCC(=O)Nc3cn(C)c(C(=O)Nc4nc5cc(C(=O)Nc6ccccc6)ccc5s4)n3)c(OC)cc2C(=O)N2CCCC[C@H]2C1OC1CCCCO1.C=CCOC(=O)N1c2cc(OCCCC(=O)Nc3cn(C)c(C(=O)Nc4nc5cc(C(=O)O)ccc5s4)n3)c(OC)cc2C(=O)N2CCCC[C@H]2C1OC1CCCCO1. The fourth-order valence-corrected chi connectivity index (χ4v) is 17.0. The van der Waals surface area contributed by atoms with Crippen molar-refractivity contribution < 1.29 is 100 Å². The molecule has 6 aliphatic rings. The Hall–Kier alpha value is -12.9. The Balaban J connectivity index is 0.000000203. The molecule has 38 heteroatoms. The molecular formula is C86H95N15O21S2. The first kappa shape index (κ1) is 87.5. The molecule has 36 nitrogen and oxygen atoms in total. The number of rotatable bonds is 29. The quantitative estimate of drug-likeness (QED) is 0.0187. The van der Waals surface area contributed by atoms with E-state index in [1.807, 2.05) is 18.2 Å². The number of ether oxygens (including phenoxy) is 10. The highest BCUT2D eigenvalue weighted by atomic mass is 32.1. The molecule has 124 heavy (non-hydrogen) atoms. The van der Waals surface area contributed by atoms with Gasteiger partial charge in [0.1, 0.15) is 13.2 Å². The zero-order valence-corrected chi connectivity index (χ0v) is 70.4. The van der Waals surface area contributed by atoms with Gasteiger partial charge in [-0.1, -0.05) is 66.2 Å². The Morgan fingerprint density at radius 3 is 1.41 bits per heavy atom. The molecule has 6 aliphatic heterocycles. The van der Waals surface area contributed by atoms with Gasteiger partial charge >= 0.3 is 18.2 Å². The first-order valence-electron chi connectivity index (χ1n) is 40.8. The predicted octanol–water partition coefficient (Wildman–Crippen LogP) is 13.1. The number of piperidine rings is 2. The lowest BCUT2D eigenvalue weighted by Gasteiger charge is -2.42. The average molecular weight is 1740 g/mol. The number of carbonyl (C=O) groups excluding carboxylic acids is 9. The summed E-state index contributed by atoms with van der Waals surface area (Å²) < 4.78 is 64.2. The van der Waals surface area contributed by atoms with Crippen molar-refractivity contribution in [3.8, 4) is 23.0 Å². The van der Waals surface area contributed by atoms with E-state index in [4.69, 9.17) is 47.4 Å². The maximum Gasteiger partial charge on any atom is 0.416 e. The number of benzene rings is 5. The fourth-order valence-electron chi connectivity index (χ4n) is 15.4. The van der Waals surface area contributed by atoms with E-state index in [-0.39, 0.29) is 161 Å². The first-order valence-corrected chi connectivity index (χ1v) is 42.5. The molecular weight excluding hydrogens is 1640 g/mol. The number of aromatic carboxylic acids is 1. The lowest BCUT2D eigenvalue weighted by atomic mass is 10.00. The smallest absolute Gasteiger partial charge is 0.416 e. The molecule has 5 aromatic carbocycles. The summed E-state index contributed by atoms with van der Waals surface area (Å²) in [6.07, 6.45) is 11.6. The zero-order valence-electron chi connectivity index (χ0n) is 68.7. The fraction of sp³-hybridized carbons (Fsp3) is 0.395. The number of hydrogen-bond acceptors (Lipinski definition) is 26. The molecule has 652 valence electrons. The maximum absolute atomic E-state index is 14.3. The second-order valence-corrected chi connectivity index (χ2v) is 31.9. The number of nitrogens with zero attached hydrogens (tertiary/aromatic N) is 10. The van der Waals surface area contributed by atoms with Gasteiger partial charge in [0.2, 0.25) is 23.5 Å². The monoisotopic (exact) mass is 1740 g/mol. The summed E-state index contributed by atoms with van der Waals surface area (Å²) in [6.45, 7) is 9.41. The summed E-state index contributed by atoms with van der Waals surface area (Å²) in [4.78, 5) is 157. The van der Waals surface area contributed by atoms with Crippen molar-refractivity contribution >= 4 is 142 Å². The second-order valence-electron chi connectivity index (χ2n) is 29.8. The number of hydrogen-bond donors (Lipinski definition) is 6. The van der Waals surface area contributed by atoms with Gasteiger partial charge in [-0.15, -0.1) is 0 Å². The number of aromatic nitrogens is 6. The molecule has 4 fully saturated rings. The molecule has 0 saturated carbocycles. The minimum absolute atomic E-state index is 0.0141. The average Bonchev–Trinajstić information content (AvgIpc) is 1.62. The van der Waals surface area contributed by atoms with E-state index >= 15 is 0 Å². The van der Waals surface area contributed by atoms with Crippen LogP contribution in [0.1, 0.15) is 165 Å². The van der Waals surface area contributed by atoms with E-state index < -0.39 is 67.1 Å². The molecule has 4 saturated heterocycles. The number of amides is 9. The van der Waals surface area contributed by atoms with Crippen LogP contribution in [0.15, 0.2) is 129 Å². The highest BCUT2D eigenvalue weighted by molar-refractivity contribution is 7.22. The molecule has 6 atom stereocenters. The number of methoxy groups -OCH3 is 2. The Labute approximate surface area is 720 Å². The van der Waals surface area contributed by atoms with Crippen LogP contribution in [0.2, 0.25) is 0 Å². The zero-order chi connectivity index (χ0) is 87.1. The standard InChI is InChI=1S/C46H50N8O10S.C40H45N7O11S/c1-4-21-63-46(59)54-33-26-35(34(60-3)25-30(33)43(58)53-20-10-8-15-32(53)44(54)64-39-17-9-11-22-62-39)61-23-12-16-38(55)49-37-27-52(2)40(50-37)42(57)51-45-48-31-24-28(18-19-36(31)65-45)41(56)47-29-13-6-5-7-14-29;1-4-16-57-40(53)47-27-21-29(28(54-3)20-24(27)36(50)46-15-7-5-10-26(46)37(47)58-33-12-6-8-17-56-33)55-18-9-11-32(48)42-31-22-45(2)34(43-31)35(49)44-39-41-25-19-23(38(51)52)13-14-30(25)59-39/h4-7,13-14,18-19,24-27,32,39,44H,1,8-12,15-17,20-23H2,2-3H3,(H,47,56)(H,49,55)(H,48,51,57);4,13-14,19-22,26,33,37H,1,5-12,15-18H2,2-3H3,(H,42,48)(H,51,52)(H,41,44,49)/t32-,39?,44?;26-,33?,37?/m00/s1. The van der Waals surface area contributed by atoms with Gasteiger partial charge in [0, 0.05) is 89.0 Å². The molecule has 9 aromatic rings. The third-order valence-electron chi connectivity index (χ3n) is 21.3. The lowest BCUT2D eigenvalue weighted by Crippen LogP contribution is -2.57. The van der Waals surface area contributed by atoms with Crippen LogP contribution in [0.25, 0.3) is 20.4 Å². The van der Waals surface area contributed by atoms with Crippen LogP contribution in [0.3, 0.4) is 0 Å². The van der Waals surface area contributed by atoms with Crippen molar-refractivity contribution in [3.05, 3.63) is 163 Å². The molecule has 4 unspecified atom stereocenters. The number of fused-ring (bicyclic) bond motifs is 6. The van der Waals surface area contributed by atoms with Gasteiger partial charge in [-0.25, -0.2) is 44.1 Å². The minimum Gasteiger partial charge on any atom is -0.493 e. The summed E-state index contributed by atoms with van der Waals surface area (Å²) >= 11 is 2.43. The Morgan fingerprint density at radius 2 is 0.976 bits per heavy atom. The topological polar surface area (TPSA) is 418 Å². The van der Waals surface area contributed by atoms with Crippen molar-refractivity contribution in [1.82, 2.24) is 38.9 Å². The van der Waals surface area contributed by atoms with Crippen molar-refractivity contribution in [1.29, 1.82) is 0 Å². The first-order chi connectivity index (χ1) is 60.1. The third kappa shape index (κ3) is 20.6. The van der Waals surface area contributed by atoms with Crippen molar-refractivity contribution in [2.45, 2.75) is 140 Å². The number of anilines is 7. The third-order valence-corrected chi connectivity index (χ3v) is 23.2. The molecule has 0 radical (unpaired) electrons. The van der Waals surface area contributed by atoms with Gasteiger partial charge in [0.05, 0.1) is 88.0 Å². The Morgan fingerprint density at radius 1 is 0.524 bits per heavy atom. The molecule has 4 aromatic heterocycles. The maximum atomic E-state index is 14.3. The molecule has 0 bridgehead atoms. The van der Waals surface area contributed by atoms with E-state index in [1.165, 1.54) is 92.5 Å². The molecule has 9 amide bonds. The second kappa shape index (κ2) is 40.4. The summed E-state index contributed by atoms with van der Waals surface area (Å²) in [7, 11) is 6.15. The number of thiazole rings is 2. The van der Waals surface area contributed by atoms with Crippen LogP contribution in [-0.4, -0.2) is 208 Å². The number of nitrogens with one attached hydrogen (secondary N) is 5. The summed E-state index contributed by atoms with van der Waals surface area (Å²) in [5.74, 6) is -2.35. The van der Waals surface area contributed by atoms with Gasteiger partial charge in [-0.2, -0.15) is 0 Å². The van der Waals surface area contributed by atoms with Gasteiger partial charge in [0.25, 0.3) is 29.5 Å². The van der Waals surface area contributed by atoms with Gasteiger partial charge in [-0.05, 0) is 151 Å². The van der Waals surface area contributed by atoms with E-state index in [9.17, 15) is 53.1 Å². The van der Waals surface area contributed by atoms with Gasteiger partial charge < -0.3 is 87.4 Å². The number of para-hydroxylation sites is 1. The number of carboxylic acids is 1. The van der Waals surface area contributed by atoms with Crippen molar-refractivity contribution in [3.63, 3.8) is 0 Å². The van der Waals surface area contributed by atoms with Crippen LogP contribution in [0.5, 0.6) is 23.0 Å². The van der Waals surface area contributed by atoms with Gasteiger partial charge in [-0.3, -0.25) is 44.2 Å². The summed E-state index contributed by atoms with van der Waals surface area (Å²) in [5, 5.41) is 23.6. The van der Waals surface area contributed by atoms with Crippen LogP contribution < -0.4 is 55.3 Å². The van der Waals surface area contributed by atoms with Crippen molar-refractivity contribution in [2.24, 2.45) is 14.1 Å². The number of carboxylic acid groups (broad SMARTS) is 1. The van der Waals surface area contributed by atoms with Crippen LogP contribution >= 0.6 is 22.7 Å². The highest BCUT2D eigenvalue weighted by Crippen LogP contribution is 2.46. The Bertz CT molecular complexity index is 5490. The lowest BCUT2D eigenvalue weighted by molar-refractivity contribution is -0.199. The molecule has 0 aliphatic carbocycles. The van der Waals surface area contributed by atoms with E-state index in [2.05, 4.69) is 59.7 Å². The molecule has 15 rings (SSSR count). The Kier molecular flexibility index (Phi) is 28.5. The number of carbonyl (C=O) groups is 10. The van der Waals surface area contributed by atoms with Crippen molar-refractivity contribution in [2.75, 3.05) is 103 Å². The van der Waals surface area contributed by atoms with Crippen LogP contribution in [0, 0.1) is 0 Å². The van der Waals surface area contributed by atoms with Gasteiger partial charge in [0.15, 0.2) is 69.9 Å². The molecule has 10 heterocycles. The van der Waals surface area contributed by atoms with Crippen LogP contribution in [-0.2, 0) is 52.1 Å². The predicted molar refractivity (Wildman–Crippen MR) is 458 cm³/mol. The molecule has 6 N–H and O–H groups in total. The normalized spacial score (nSPS) is 18.5. The summed E-state index contributed by atoms with van der Waals surface area (Å²) in [5.41, 5.74) is 3.08.